The molecule has 1 heteroatoms. The number of hydrogen-bond donors (Lipinski definition) is 1. The second-order valence-electron chi connectivity index (χ2n) is 5.99. The van der Waals surface area contributed by atoms with Crippen molar-refractivity contribution < 1.29 is 0 Å². The Morgan fingerprint density at radius 1 is 0.842 bits per heavy atom. The van der Waals surface area contributed by atoms with Crippen molar-refractivity contribution in [2.24, 2.45) is 0 Å². The molecule has 0 heterocycles. The van der Waals surface area contributed by atoms with Crippen LogP contribution in [0.4, 0.5) is 5.69 Å². The van der Waals surface area contributed by atoms with Gasteiger partial charge in [0.15, 0.2) is 0 Å². The lowest BCUT2D eigenvalue weighted by molar-refractivity contribution is 0.590. The van der Waals surface area contributed by atoms with E-state index in [0.29, 0.717) is 0 Å². The van der Waals surface area contributed by atoms with Crippen molar-refractivity contribution >= 4 is 5.69 Å². The van der Waals surface area contributed by atoms with Crippen molar-refractivity contribution in [1.82, 2.24) is 0 Å². The summed E-state index contributed by atoms with van der Waals surface area (Å²) in [5.74, 6) is 0. The van der Waals surface area contributed by atoms with E-state index >= 15 is 0 Å². The predicted molar refractivity (Wildman–Crippen MR) is 83.8 cm³/mol. The summed E-state index contributed by atoms with van der Waals surface area (Å²) in [6.45, 7) is 7.69. The Hall–Kier alpha value is -1.76. The van der Waals surface area contributed by atoms with Gasteiger partial charge >= 0.3 is 0 Å². The van der Waals surface area contributed by atoms with Crippen molar-refractivity contribution in [2.45, 2.75) is 32.6 Å². The Kier molecular flexibility index (Phi) is 4.26. The summed E-state index contributed by atoms with van der Waals surface area (Å²) in [4.78, 5) is 0. The molecule has 1 nitrogen and oxygen atoms in total. The molecule has 0 aliphatic heterocycles. The fourth-order valence-electron chi connectivity index (χ4n) is 2.08. The van der Waals surface area contributed by atoms with Crippen LogP contribution in [0, 0.1) is 0 Å². The van der Waals surface area contributed by atoms with Crippen molar-refractivity contribution in [3.05, 3.63) is 65.7 Å². The molecular formula is C18H23N. The zero-order valence-corrected chi connectivity index (χ0v) is 12.1. The molecule has 0 aliphatic rings. The van der Waals surface area contributed by atoms with Gasteiger partial charge in [-0.1, -0.05) is 63.2 Å². The maximum atomic E-state index is 3.47. The third-order valence-electron chi connectivity index (χ3n) is 3.34. The van der Waals surface area contributed by atoms with Gasteiger partial charge in [0.1, 0.15) is 0 Å². The van der Waals surface area contributed by atoms with Gasteiger partial charge < -0.3 is 5.32 Å². The van der Waals surface area contributed by atoms with Crippen LogP contribution in [0.2, 0.25) is 0 Å². The third kappa shape index (κ3) is 4.13. The molecule has 0 fully saturated rings. The van der Waals surface area contributed by atoms with E-state index in [-0.39, 0.29) is 5.41 Å². The Morgan fingerprint density at radius 2 is 1.47 bits per heavy atom. The van der Waals surface area contributed by atoms with Crippen molar-refractivity contribution in [3.63, 3.8) is 0 Å². The van der Waals surface area contributed by atoms with Crippen molar-refractivity contribution in [3.8, 4) is 0 Å². The monoisotopic (exact) mass is 253 g/mol. The highest BCUT2D eigenvalue weighted by Crippen LogP contribution is 2.23. The minimum Gasteiger partial charge on any atom is -0.385 e. The topological polar surface area (TPSA) is 12.0 Å². The number of benzene rings is 2. The molecule has 0 aliphatic carbocycles. The molecule has 0 radical (unpaired) electrons. The summed E-state index contributed by atoms with van der Waals surface area (Å²) in [7, 11) is 0. The smallest absolute Gasteiger partial charge is 0.0340 e. The fourth-order valence-corrected chi connectivity index (χ4v) is 2.08. The quantitative estimate of drug-likeness (QED) is 0.837. The molecule has 1 N–H and O–H groups in total. The highest BCUT2D eigenvalue weighted by atomic mass is 14.9. The first-order valence-electron chi connectivity index (χ1n) is 6.94. The minimum absolute atomic E-state index is 0.225. The Labute approximate surface area is 116 Å². The molecule has 0 aromatic heterocycles. The largest absolute Gasteiger partial charge is 0.385 e. The molecule has 0 atom stereocenters. The molecule has 2 aromatic rings. The molecule has 0 spiro atoms. The number of nitrogens with one attached hydrogen (secondary N) is 1. The van der Waals surface area contributed by atoms with E-state index in [4.69, 9.17) is 0 Å². The molecule has 2 aromatic carbocycles. The first-order valence-corrected chi connectivity index (χ1v) is 6.94. The summed E-state index contributed by atoms with van der Waals surface area (Å²) in [5, 5.41) is 3.47. The van der Waals surface area contributed by atoms with Crippen molar-refractivity contribution in [2.75, 3.05) is 11.9 Å². The second-order valence-corrected chi connectivity index (χ2v) is 5.99. The number of rotatable bonds is 4. The van der Waals surface area contributed by atoms with Crippen LogP contribution in [0.1, 0.15) is 31.9 Å². The summed E-state index contributed by atoms with van der Waals surface area (Å²) >= 11 is 0. The average molecular weight is 253 g/mol. The van der Waals surface area contributed by atoms with Gasteiger partial charge in [0.05, 0.1) is 0 Å². The zero-order chi connectivity index (χ0) is 13.7. The highest BCUT2D eigenvalue weighted by molar-refractivity contribution is 5.45. The van der Waals surface area contributed by atoms with Crippen molar-refractivity contribution in [1.29, 1.82) is 0 Å². The van der Waals surface area contributed by atoms with Crippen LogP contribution in [0.25, 0.3) is 0 Å². The van der Waals surface area contributed by atoms with Gasteiger partial charge in [-0.05, 0) is 35.1 Å². The van der Waals surface area contributed by atoms with E-state index in [0.717, 1.165) is 13.0 Å². The first kappa shape index (κ1) is 13.7. The third-order valence-corrected chi connectivity index (χ3v) is 3.34. The molecular weight excluding hydrogens is 230 g/mol. The Morgan fingerprint density at radius 3 is 2.05 bits per heavy atom. The fraction of sp³-hybridized carbons (Fsp3) is 0.333. The second kappa shape index (κ2) is 5.92. The van der Waals surface area contributed by atoms with Gasteiger partial charge in [-0.3, -0.25) is 0 Å². The average Bonchev–Trinajstić information content (AvgIpc) is 2.39. The van der Waals surface area contributed by atoms with Gasteiger partial charge in [-0.25, -0.2) is 0 Å². The normalized spacial score (nSPS) is 11.3. The minimum atomic E-state index is 0.225. The van der Waals surface area contributed by atoms with Gasteiger partial charge in [0, 0.05) is 12.2 Å². The lowest BCUT2D eigenvalue weighted by Gasteiger charge is -2.19. The molecule has 0 saturated heterocycles. The summed E-state index contributed by atoms with van der Waals surface area (Å²) in [5.41, 5.74) is 4.18. The van der Waals surface area contributed by atoms with Crippen LogP contribution in [0.5, 0.6) is 0 Å². The number of hydrogen-bond acceptors (Lipinski definition) is 1. The highest BCUT2D eigenvalue weighted by Gasteiger charge is 2.12. The lowest BCUT2D eigenvalue weighted by Crippen LogP contribution is -2.11. The Balaban J connectivity index is 1.87. The van der Waals surface area contributed by atoms with Gasteiger partial charge in [-0.2, -0.15) is 0 Å². The molecule has 19 heavy (non-hydrogen) atoms. The Bertz CT molecular complexity index is 491. The SMILES string of the molecule is CC(C)(C)c1ccc(NCCc2ccccc2)cc1. The molecule has 100 valence electrons. The summed E-state index contributed by atoms with van der Waals surface area (Å²) < 4.78 is 0. The van der Waals surface area contributed by atoms with E-state index in [1.807, 2.05) is 0 Å². The van der Waals surface area contributed by atoms with Gasteiger partial charge in [-0.15, -0.1) is 0 Å². The van der Waals surface area contributed by atoms with Crippen LogP contribution in [-0.4, -0.2) is 6.54 Å². The maximum absolute atomic E-state index is 3.47. The standard InChI is InChI=1S/C18H23N/c1-18(2,3)16-9-11-17(12-10-16)19-14-13-15-7-5-4-6-8-15/h4-12,19H,13-14H2,1-3H3. The molecule has 0 saturated carbocycles. The number of anilines is 1. The van der Waals surface area contributed by atoms with E-state index in [1.54, 1.807) is 0 Å². The predicted octanol–water partition coefficient (Wildman–Crippen LogP) is 4.64. The van der Waals surface area contributed by atoms with Crippen LogP contribution < -0.4 is 5.32 Å². The van der Waals surface area contributed by atoms with E-state index in [1.165, 1.54) is 16.8 Å². The summed E-state index contributed by atoms with van der Waals surface area (Å²) in [6, 6.07) is 19.4. The van der Waals surface area contributed by atoms with Crippen LogP contribution in [0.3, 0.4) is 0 Å². The van der Waals surface area contributed by atoms with Crippen LogP contribution in [0.15, 0.2) is 54.6 Å². The van der Waals surface area contributed by atoms with E-state index in [2.05, 4.69) is 80.7 Å². The molecule has 2 rings (SSSR count). The van der Waals surface area contributed by atoms with E-state index < -0.39 is 0 Å². The summed E-state index contributed by atoms with van der Waals surface area (Å²) in [6.07, 6.45) is 1.06. The van der Waals surface area contributed by atoms with E-state index in [9.17, 15) is 0 Å². The van der Waals surface area contributed by atoms with Crippen LogP contribution >= 0.6 is 0 Å². The van der Waals surface area contributed by atoms with Gasteiger partial charge in [0.25, 0.3) is 0 Å². The van der Waals surface area contributed by atoms with Crippen LogP contribution in [-0.2, 0) is 11.8 Å². The van der Waals surface area contributed by atoms with Gasteiger partial charge in [0.2, 0.25) is 0 Å². The zero-order valence-electron chi connectivity index (χ0n) is 12.1. The molecule has 0 bridgehead atoms. The molecule has 0 unspecified atom stereocenters. The first-order chi connectivity index (χ1) is 9.05. The maximum Gasteiger partial charge on any atom is 0.0340 e. The lowest BCUT2D eigenvalue weighted by atomic mass is 9.87. The molecule has 0 amide bonds.